The number of carbonyl (C=O) groups excluding carboxylic acids is 1. The summed E-state index contributed by atoms with van der Waals surface area (Å²) in [6.45, 7) is 3.01. The molecule has 8 heteroatoms. The molecule has 1 aromatic heterocycles. The van der Waals surface area contributed by atoms with Crippen molar-refractivity contribution in [1.82, 2.24) is 15.0 Å². The second kappa shape index (κ2) is 6.80. The van der Waals surface area contributed by atoms with Crippen molar-refractivity contribution in [2.45, 2.75) is 13.5 Å². The normalized spacial score (nSPS) is 10.4. The lowest BCUT2D eigenvalue weighted by atomic mass is 10.2. The van der Waals surface area contributed by atoms with Crippen LogP contribution in [-0.2, 0) is 6.54 Å². The lowest BCUT2D eigenvalue weighted by molar-refractivity contribution is 0.102. The molecule has 0 unspecified atom stereocenters. The second-order valence-electron chi connectivity index (χ2n) is 4.18. The van der Waals surface area contributed by atoms with Crippen LogP contribution >= 0.6 is 0 Å². The minimum atomic E-state index is -0.453. The summed E-state index contributed by atoms with van der Waals surface area (Å²) in [5, 5.41) is 10.1. The highest BCUT2D eigenvalue weighted by Gasteiger charge is 2.14. The Balaban J connectivity index is 2.14. The topological polar surface area (TPSA) is 95.1 Å². The third kappa shape index (κ3) is 3.76. The van der Waals surface area contributed by atoms with Crippen LogP contribution in [0.2, 0.25) is 0 Å². The summed E-state index contributed by atoms with van der Waals surface area (Å²) in [6.07, 6.45) is 1.49. The fourth-order valence-electron chi connectivity index (χ4n) is 1.70. The number of carbonyl (C=O) groups is 1. The predicted molar refractivity (Wildman–Crippen MR) is 74.6 cm³/mol. The Labute approximate surface area is 120 Å². The van der Waals surface area contributed by atoms with E-state index in [4.69, 9.17) is 10.5 Å². The van der Waals surface area contributed by atoms with Crippen LogP contribution in [0.25, 0.3) is 0 Å². The van der Waals surface area contributed by atoms with Gasteiger partial charge >= 0.3 is 0 Å². The Morgan fingerprint density at radius 1 is 1.52 bits per heavy atom. The van der Waals surface area contributed by atoms with Crippen molar-refractivity contribution in [3.8, 4) is 5.75 Å². The maximum Gasteiger partial charge on any atom is 0.277 e. The molecule has 0 saturated carbocycles. The van der Waals surface area contributed by atoms with Gasteiger partial charge in [0.2, 0.25) is 0 Å². The summed E-state index contributed by atoms with van der Waals surface area (Å²) in [4.78, 5) is 12.1. The molecule has 0 bridgehead atoms. The third-order valence-electron chi connectivity index (χ3n) is 2.62. The van der Waals surface area contributed by atoms with Gasteiger partial charge in [0.15, 0.2) is 5.69 Å². The average Bonchev–Trinajstić information content (AvgIpc) is 2.91. The van der Waals surface area contributed by atoms with Crippen molar-refractivity contribution in [2.24, 2.45) is 5.73 Å². The van der Waals surface area contributed by atoms with Gasteiger partial charge in [-0.25, -0.2) is 4.39 Å². The molecule has 2 aromatic rings. The van der Waals surface area contributed by atoms with Crippen molar-refractivity contribution >= 4 is 11.6 Å². The molecular formula is C13H16FN5O2. The van der Waals surface area contributed by atoms with Gasteiger partial charge in [0.1, 0.15) is 11.6 Å². The number of hydrogen-bond donors (Lipinski definition) is 2. The molecule has 2 rings (SSSR count). The zero-order valence-electron chi connectivity index (χ0n) is 11.5. The van der Waals surface area contributed by atoms with Crippen LogP contribution < -0.4 is 15.8 Å². The van der Waals surface area contributed by atoms with E-state index < -0.39 is 11.7 Å². The quantitative estimate of drug-likeness (QED) is 0.829. The van der Waals surface area contributed by atoms with Crippen LogP contribution in [0, 0.1) is 5.82 Å². The minimum absolute atomic E-state index is 0.148. The van der Waals surface area contributed by atoms with Gasteiger partial charge in [-0.3, -0.25) is 9.48 Å². The monoisotopic (exact) mass is 293 g/mol. The zero-order chi connectivity index (χ0) is 15.2. The van der Waals surface area contributed by atoms with E-state index >= 15 is 0 Å². The number of halogens is 1. The van der Waals surface area contributed by atoms with E-state index in [1.54, 1.807) is 6.92 Å². The molecule has 1 amide bonds. The van der Waals surface area contributed by atoms with E-state index in [0.29, 0.717) is 25.4 Å². The Morgan fingerprint density at radius 3 is 3.05 bits per heavy atom. The summed E-state index contributed by atoms with van der Waals surface area (Å²) in [5.74, 6) is -0.628. The highest BCUT2D eigenvalue weighted by Crippen LogP contribution is 2.25. The molecule has 0 fully saturated rings. The minimum Gasteiger partial charge on any atom is -0.492 e. The van der Waals surface area contributed by atoms with Crippen LogP contribution in [0.1, 0.15) is 17.4 Å². The van der Waals surface area contributed by atoms with Crippen molar-refractivity contribution in [1.29, 1.82) is 0 Å². The highest BCUT2D eigenvalue weighted by molar-refractivity contribution is 6.03. The van der Waals surface area contributed by atoms with Gasteiger partial charge in [-0.1, -0.05) is 5.21 Å². The summed E-state index contributed by atoms with van der Waals surface area (Å²) < 4.78 is 19.9. The number of rotatable bonds is 6. The van der Waals surface area contributed by atoms with Crippen LogP contribution in [0.5, 0.6) is 5.75 Å². The van der Waals surface area contributed by atoms with Gasteiger partial charge in [-0.05, 0) is 19.1 Å². The highest BCUT2D eigenvalue weighted by atomic mass is 19.1. The van der Waals surface area contributed by atoms with E-state index in [9.17, 15) is 9.18 Å². The summed E-state index contributed by atoms with van der Waals surface area (Å²) in [5.41, 5.74) is 5.92. The molecule has 0 radical (unpaired) electrons. The van der Waals surface area contributed by atoms with E-state index in [0.717, 1.165) is 0 Å². The van der Waals surface area contributed by atoms with Gasteiger partial charge < -0.3 is 15.8 Å². The Bertz CT molecular complexity index is 629. The number of benzene rings is 1. The number of ether oxygens (including phenoxy) is 1. The van der Waals surface area contributed by atoms with Crippen molar-refractivity contribution in [3.63, 3.8) is 0 Å². The van der Waals surface area contributed by atoms with E-state index in [1.807, 2.05) is 0 Å². The number of aromatic nitrogens is 3. The standard InChI is InChI=1S/C13H16FN5O2/c1-2-21-12-7-9(14)3-4-10(12)16-13(20)11-8-19(6-5-15)18-17-11/h3-4,7-8H,2,5-6,15H2,1H3,(H,16,20). The van der Waals surface area contributed by atoms with Gasteiger partial charge in [0.25, 0.3) is 5.91 Å². The fourth-order valence-corrected chi connectivity index (χ4v) is 1.70. The lowest BCUT2D eigenvalue weighted by Gasteiger charge is -2.10. The van der Waals surface area contributed by atoms with Crippen LogP contribution in [-0.4, -0.2) is 34.1 Å². The summed E-state index contributed by atoms with van der Waals surface area (Å²) >= 11 is 0. The average molecular weight is 293 g/mol. The molecule has 3 N–H and O–H groups in total. The predicted octanol–water partition coefficient (Wildman–Crippen LogP) is 1.03. The maximum atomic E-state index is 13.2. The van der Waals surface area contributed by atoms with E-state index in [2.05, 4.69) is 15.6 Å². The Hall–Kier alpha value is -2.48. The van der Waals surface area contributed by atoms with Crippen LogP contribution in [0.15, 0.2) is 24.4 Å². The molecule has 0 saturated heterocycles. The lowest BCUT2D eigenvalue weighted by Crippen LogP contribution is -2.14. The van der Waals surface area contributed by atoms with Crippen LogP contribution in [0.3, 0.4) is 0 Å². The molecule has 0 atom stereocenters. The fraction of sp³-hybridized carbons (Fsp3) is 0.308. The largest absolute Gasteiger partial charge is 0.492 e. The number of nitrogens with zero attached hydrogens (tertiary/aromatic N) is 3. The molecular weight excluding hydrogens is 277 g/mol. The van der Waals surface area contributed by atoms with E-state index in [-0.39, 0.29) is 11.4 Å². The summed E-state index contributed by atoms with van der Waals surface area (Å²) in [7, 11) is 0. The first kappa shape index (κ1) is 14.9. The van der Waals surface area contributed by atoms with Crippen molar-refractivity contribution < 1.29 is 13.9 Å². The van der Waals surface area contributed by atoms with Gasteiger partial charge in [0, 0.05) is 12.6 Å². The molecule has 0 spiro atoms. The van der Waals surface area contributed by atoms with Crippen molar-refractivity contribution in [3.05, 3.63) is 35.9 Å². The first-order chi connectivity index (χ1) is 10.1. The number of hydrogen-bond acceptors (Lipinski definition) is 5. The van der Waals surface area contributed by atoms with Gasteiger partial charge in [-0.2, -0.15) is 0 Å². The SMILES string of the molecule is CCOc1cc(F)ccc1NC(=O)c1cn(CCN)nn1. The van der Waals surface area contributed by atoms with Gasteiger partial charge in [0.05, 0.1) is 25.0 Å². The number of nitrogens with one attached hydrogen (secondary N) is 1. The zero-order valence-corrected chi connectivity index (χ0v) is 11.5. The Kier molecular flexibility index (Phi) is 4.83. The maximum absolute atomic E-state index is 13.2. The van der Waals surface area contributed by atoms with Crippen molar-refractivity contribution in [2.75, 3.05) is 18.5 Å². The second-order valence-corrected chi connectivity index (χ2v) is 4.18. The van der Waals surface area contributed by atoms with E-state index in [1.165, 1.54) is 29.1 Å². The number of amides is 1. The first-order valence-electron chi connectivity index (χ1n) is 6.48. The Morgan fingerprint density at radius 2 is 2.33 bits per heavy atom. The first-order valence-corrected chi connectivity index (χ1v) is 6.48. The molecule has 1 heterocycles. The van der Waals surface area contributed by atoms with Crippen LogP contribution in [0.4, 0.5) is 10.1 Å². The molecule has 0 aliphatic carbocycles. The molecule has 1 aromatic carbocycles. The van der Waals surface area contributed by atoms with Gasteiger partial charge in [-0.15, -0.1) is 5.10 Å². The molecule has 0 aliphatic heterocycles. The molecule has 21 heavy (non-hydrogen) atoms. The number of nitrogens with two attached hydrogens (primary N) is 1. The summed E-state index contributed by atoms with van der Waals surface area (Å²) in [6, 6.07) is 3.89. The molecule has 0 aliphatic rings. The number of anilines is 1. The molecule has 7 nitrogen and oxygen atoms in total. The smallest absolute Gasteiger partial charge is 0.277 e. The third-order valence-corrected chi connectivity index (χ3v) is 2.62. The molecule has 112 valence electrons.